The van der Waals surface area contributed by atoms with Crippen LogP contribution in [0.5, 0.6) is 0 Å². The lowest BCUT2D eigenvalue weighted by Gasteiger charge is -2.32. The van der Waals surface area contributed by atoms with Gasteiger partial charge in [-0.3, -0.25) is 9.59 Å². The summed E-state index contributed by atoms with van der Waals surface area (Å²) < 4.78 is 14.5. The number of rotatable bonds is 3. The second-order valence-electron chi connectivity index (χ2n) is 6.03. The number of carbonyl (C=O) groups excluding carboxylic acids is 1. The zero-order chi connectivity index (χ0) is 18.0. The average Bonchev–Trinajstić information content (AvgIpc) is 2.61. The number of anilines is 2. The number of nitrogens with zero attached hydrogens (tertiary/aromatic N) is 3. The lowest BCUT2D eigenvalue weighted by Crippen LogP contribution is -2.39. The third kappa shape index (κ3) is 3.99. The summed E-state index contributed by atoms with van der Waals surface area (Å²) in [6.45, 7) is 1.35. The molecular formula is C17H18ClFN4O2. The summed E-state index contributed by atoms with van der Waals surface area (Å²) in [5, 5.41) is 6.99. The number of aromatic nitrogens is 2. The molecule has 0 aliphatic carbocycles. The first-order valence-electron chi connectivity index (χ1n) is 7.99. The Balaban J connectivity index is 1.59. The van der Waals surface area contributed by atoms with E-state index >= 15 is 0 Å². The van der Waals surface area contributed by atoms with E-state index in [2.05, 4.69) is 15.3 Å². The molecule has 0 unspecified atom stereocenters. The van der Waals surface area contributed by atoms with Crippen molar-refractivity contribution in [1.82, 2.24) is 9.78 Å². The predicted molar refractivity (Wildman–Crippen MR) is 94.5 cm³/mol. The van der Waals surface area contributed by atoms with Gasteiger partial charge in [0.15, 0.2) is 0 Å². The van der Waals surface area contributed by atoms with Gasteiger partial charge in [-0.2, -0.15) is 5.10 Å². The minimum Gasteiger partial charge on any atom is -0.355 e. The Morgan fingerprint density at radius 2 is 2.00 bits per heavy atom. The molecule has 1 saturated heterocycles. The molecule has 0 bridgehead atoms. The van der Waals surface area contributed by atoms with Gasteiger partial charge in [0.25, 0.3) is 5.56 Å². The third-order valence-corrected chi connectivity index (χ3v) is 4.61. The maximum atomic E-state index is 13.2. The summed E-state index contributed by atoms with van der Waals surface area (Å²) >= 11 is 5.73. The normalized spacial score (nSPS) is 15.2. The molecule has 1 aromatic carbocycles. The Labute approximate surface area is 149 Å². The molecule has 0 radical (unpaired) electrons. The van der Waals surface area contributed by atoms with Gasteiger partial charge in [-0.15, -0.1) is 0 Å². The van der Waals surface area contributed by atoms with E-state index in [0.29, 0.717) is 31.6 Å². The molecule has 1 aliphatic rings. The topological polar surface area (TPSA) is 67.2 Å². The first kappa shape index (κ1) is 17.4. The molecule has 8 heteroatoms. The van der Waals surface area contributed by atoms with Gasteiger partial charge in [-0.25, -0.2) is 9.07 Å². The smallest absolute Gasteiger partial charge is 0.266 e. The second kappa shape index (κ2) is 7.23. The number of hydrogen-bond donors (Lipinski definition) is 1. The fraction of sp³-hybridized carbons (Fsp3) is 0.353. The fourth-order valence-corrected chi connectivity index (χ4v) is 3.03. The van der Waals surface area contributed by atoms with Gasteiger partial charge in [0.1, 0.15) is 11.6 Å². The maximum absolute atomic E-state index is 13.2. The Morgan fingerprint density at radius 3 is 2.64 bits per heavy atom. The van der Waals surface area contributed by atoms with E-state index < -0.39 is 5.82 Å². The lowest BCUT2D eigenvalue weighted by atomic mass is 9.96. The number of nitrogens with one attached hydrogen (secondary N) is 1. The van der Waals surface area contributed by atoms with Crippen molar-refractivity contribution in [2.75, 3.05) is 23.3 Å². The van der Waals surface area contributed by atoms with Crippen LogP contribution in [-0.4, -0.2) is 28.8 Å². The minimum atomic E-state index is -0.516. The van der Waals surface area contributed by atoms with Gasteiger partial charge < -0.3 is 10.2 Å². The highest BCUT2D eigenvalue weighted by atomic mass is 35.5. The molecule has 1 fully saturated rings. The van der Waals surface area contributed by atoms with Crippen molar-refractivity contribution < 1.29 is 9.18 Å². The zero-order valence-corrected chi connectivity index (χ0v) is 14.5. The SMILES string of the molecule is Cn1nc(N2CCC(C(=O)Nc3ccc(F)c(Cl)c3)CC2)ccc1=O. The molecule has 0 saturated carbocycles. The standard InChI is InChI=1S/C17H18ClFN4O2/c1-22-16(24)5-4-15(21-22)23-8-6-11(7-9-23)17(25)20-12-2-3-14(19)13(18)10-12/h2-5,10-11H,6-9H2,1H3,(H,20,25). The van der Waals surface area contributed by atoms with E-state index in [-0.39, 0.29) is 22.4 Å². The third-order valence-electron chi connectivity index (χ3n) is 4.32. The number of halogens is 2. The van der Waals surface area contributed by atoms with E-state index in [1.165, 1.54) is 28.9 Å². The second-order valence-corrected chi connectivity index (χ2v) is 6.44. The van der Waals surface area contributed by atoms with Crippen LogP contribution in [0.3, 0.4) is 0 Å². The largest absolute Gasteiger partial charge is 0.355 e. The number of piperidine rings is 1. The van der Waals surface area contributed by atoms with Crippen LogP contribution in [0.15, 0.2) is 35.1 Å². The molecule has 6 nitrogen and oxygen atoms in total. The first-order valence-corrected chi connectivity index (χ1v) is 8.37. The molecule has 0 spiro atoms. The highest BCUT2D eigenvalue weighted by Crippen LogP contribution is 2.24. The monoisotopic (exact) mass is 364 g/mol. The van der Waals surface area contributed by atoms with Crippen LogP contribution >= 0.6 is 11.6 Å². The summed E-state index contributed by atoms with van der Waals surface area (Å²) in [5.41, 5.74) is 0.328. The van der Waals surface area contributed by atoms with E-state index in [1.807, 2.05) is 0 Å². The van der Waals surface area contributed by atoms with Gasteiger partial charge in [0.2, 0.25) is 5.91 Å². The maximum Gasteiger partial charge on any atom is 0.266 e. The molecular weight excluding hydrogens is 347 g/mol. The van der Waals surface area contributed by atoms with Crippen LogP contribution in [-0.2, 0) is 11.8 Å². The van der Waals surface area contributed by atoms with E-state index in [0.717, 1.165) is 5.82 Å². The van der Waals surface area contributed by atoms with Crippen LogP contribution in [0.4, 0.5) is 15.9 Å². The van der Waals surface area contributed by atoms with Crippen LogP contribution < -0.4 is 15.8 Å². The molecule has 2 aromatic rings. The number of amides is 1. The number of hydrogen-bond acceptors (Lipinski definition) is 4. The molecule has 1 aliphatic heterocycles. The molecule has 1 amide bonds. The summed E-state index contributed by atoms with van der Waals surface area (Å²) in [5.74, 6) is -0.0210. The fourth-order valence-electron chi connectivity index (χ4n) is 2.85. The van der Waals surface area contributed by atoms with Crippen LogP contribution in [0.1, 0.15) is 12.8 Å². The zero-order valence-electron chi connectivity index (χ0n) is 13.7. The van der Waals surface area contributed by atoms with Crippen molar-refractivity contribution in [1.29, 1.82) is 0 Å². The molecule has 25 heavy (non-hydrogen) atoms. The first-order chi connectivity index (χ1) is 11.9. The van der Waals surface area contributed by atoms with Gasteiger partial charge in [-0.05, 0) is 37.1 Å². The summed E-state index contributed by atoms with van der Waals surface area (Å²) in [7, 11) is 1.61. The molecule has 0 atom stereocenters. The van der Waals surface area contributed by atoms with Crippen molar-refractivity contribution in [3.05, 3.63) is 51.5 Å². The van der Waals surface area contributed by atoms with Crippen molar-refractivity contribution in [3.63, 3.8) is 0 Å². The minimum absolute atomic E-state index is 0.0200. The number of carbonyl (C=O) groups is 1. The highest BCUT2D eigenvalue weighted by molar-refractivity contribution is 6.31. The highest BCUT2D eigenvalue weighted by Gasteiger charge is 2.26. The van der Waals surface area contributed by atoms with Gasteiger partial charge in [0, 0.05) is 37.8 Å². The van der Waals surface area contributed by atoms with Gasteiger partial charge in [-0.1, -0.05) is 11.6 Å². The summed E-state index contributed by atoms with van der Waals surface area (Å²) in [6, 6.07) is 7.30. The van der Waals surface area contributed by atoms with Crippen molar-refractivity contribution >= 4 is 29.0 Å². The van der Waals surface area contributed by atoms with Crippen LogP contribution in [0.25, 0.3) is 0 Å². The molecule has 3 rings (SSSR count). The Morgan fingerprint density at radius 1 is 1.28 bits per heavy atom. The lowest BCUT2D eigenvalue weighted by molar-refractivity contribution is -0.120. The Hall–Kier alpha value is -2.41. The van der Waals surface area contributed by atoms with Crippen molar-refractivity contribution in [3.8, 4) is 0 Å². The molecule has 1 aromatic heterocycles. The van der Waals surface area contributed by atoms with E-state index in [4.69, 9.17) is 11.6 Å². The summed E-state index contributed by atoms with van der Waals surface area (Å²) in [4.78, 5) is 25.8. The van der Waals surface area contributed by atoms with Gasteiger partial charge in [0.05, 0.1) is 5.02 Å². The number of aryl methyl sites for hydroxylation is 1. The Kier molecular flexibility index (Phi) is 5.03. The quantitative estimate of drug-likeness (QED) is 0.908. The molecule has 132 valence electrons. The molecule has 2 heterocycles. The average molecular weight is 365 g/mol. The van der Waals surface area contributed by atoms with Crippen molar-refractivity contribution in [2.45, 2.75) is 12.8 Å². The van der Waals surface area contributed by atoms with Crippen molar-refractivity contribution in [2.24, 2.45) is 13.0 Å². The summed E-state index contributed by atoms with van der Waals surface area (Å²) in [6.07, 6.45) is 1.34. The number of benzene rings is 1. The Bertz CT molecular complexity index is 847. The van der Waals surface area contributed by atoms with Gasteiger partial charge >= 0.3 is 0 Å². The van der Waals surface area contributed by atoms with Crippen LogP contribution in [0.2, 0.25) is 5.02 Å². The predicted octanol–water partition coefficient (Wildman–Crippen LogP) is 2.43. The van der Waals surface area contributed by atoms with E-state index in [9.17, 15) is 14.0 Å². The van der Waals surface area contributed by atoms with Crippen LogP contribution in [0, 0.1) is 11.7 Å². The molecule has 1 N–H and O–H groups in total. The van der Waals surface area contributed by atoms with E-state index in [1.54, 1.807) is 13.1 Å².